The first-order valence-corrected chi connectivity index (χ1v) is 8.53. The van der Waals surface area contributed by atoms with Crippen molar-refractivity contribution in [3.05, 3.63) is 76.1 Å². The summed E-state index contributed by atoms with van der Waals surface area (Å²) in [6.07, 6.45) is -4.46. The molecule has 0 saturated carbocycles. The second kappa shape index (κ2) is 7.49. The molecule has 2 aromatic carbocycles. The summed E-state index contributed by atoms with van der Waals surface area (Å²) in [5, 5.41) is 0.492. The van der Waals surface area contributed by atoms with Gasteiger partial charge in [-0.1, -0.05) is 23.7 Å². The molecule has 1 atom stereocenters. The van der Waals surface area contributed by atoms with E-state index in [-0.39, 0.29) is 25.7 Å². The fourth-order valence-electron chi connectivity index (χ4n) is 3.08. The molecule has 1 aliphatic rings. The van der Waals surface area contributed by atoms with Gasteiger partial charge in [-0.2, -0.15) is 13.2 Å². The van der Waals surface area contributed by atoms with Crippen molar-refractivity contribution in [2.24, 2.45) is 0 Å². The van der Waals surface area contributed by atoms with E-state index in [1.54, 1.807) is 30.3 Å². The van der Waals surface area contributed by atoms with Crippen LogP contribution in [0.15, 0.2) is 48.5 Å². The summed E-state index contributed by atoms with van der Waals surface area (Å²) in [6.45, 7) is 7.48. The molecule has 3 rings (SSSR count). The molecule has 2 aromatic rings. The third-order valence-electron chi connectivity index (χ3n) is 4.37. The lowest BCUT2D eigenvalue weighted by atomic mass is 10.0. The molecule has 0 radical (unpaired) electrons. The van der Waals surface area contributed by atoms with Gasteiger partial charge in [0.1, 0.15) is 0 Å². The molecule has 1 aliphatic heterocycles. The molecule has 0 spiro atoms. The van der Waals surface area contributed by atoms with Crippen LogP contribution < -0.4 is 4.90 Å². The van der Waals surface area contributed by atoms with Gasteiger partial charge in [-0.3, -0.25) is 4.90 Å². The van der Waals surface area contributed by atoms with E-state index in [4.69, 9.17) is 18.2 Å². The summed E-state index contributed by atoms with van der Waals surface area (Å²) in [4.78, 5) is 19.1. The zero-order valence-corrected chi connectivity index (χ0v) is 14.8. The highest BCUT2D eigenvalue weighted by atomic mass is 35.5. The molecule has 1 fully saturated rings. The van der Waals surface area contributed by atoms with Crippen LogP contribution in [-0.2, 0) is 6.18 Å². The van der Waals surface area contributed by atoms with Gasteiger partial charge in [0.05, 0.1) is 18.2 Å². The Balaban J connectivity index is 2.01. The van der Waals surface area contributed by atoms with Crippen LogP contribution in [0.4, 0.5) is 23.7 Å². The maximum atomic E-state index is 13.1. The van der Waals surface area contributed by atoms with Crippen LogP contribution in [0.3, 0.4) is 0 Å². The zero-order valence-electron chi connectivity index (χ0n) is 14.1. The van der Waals surface area contributed by atoms with E-state index in [2.05, 4.69) is 4.85 Å². The quantitative estimate of drug-likeness (QED) is 0.651. The first-order valence-electron chi connectivity index (χ1n) is 8.15. The lowest BCUT2D eigenvalue weighted by Crippen LogP contribution is -2.33. The van der Waals surface area contributed by atoms with Crippen LogP contribution >= 0.6 is 11.6 Å². The van der Waals surface area contributed by atoms with E-state index in [1.807, 2.05) is 0 Å². The van der Waals surface area contributed by atoms with E-state index >= 15 is 0 Å². The van der Waals surface area contributed by atoms with Gasteiger partial charge in [0.2, 0.25) is 6.54 Å². The Kier molecular flexibility index (Phi) is 5.29. The summed E-state index contributed by atoms with van der Waals surface area (Å²) in [5.74, 6) is 0. The maximum Gasteiger partial charge on any atom is 0.416 e. The fourth-order valence-corrected chi connectivity index (χ4v) is 3.21. The predicted octanol–water partition coefficient (Wildman–Crippen LogP) is 5.26. The summed E-state index contributed by atoms with van der Waals surface area (Å²) in [7, 11) is 0. The molecular formula is C19H15ClF3N3O. The van der Waals surface area contributed by atoms with E-state index in [1.165, 1.54) is 15.9 Å². The topological polar surface area (TPSA) is 27.9 Å². The summed E-state index contributed by atoms with van der Waals surface area (Å²) >= 11 is 5.90. The Bertz CT molecular complexity index is 877. The summed E-state index contributed by atoms with van der Waals surface area (Å²) in [6, 6.07) is 10.6. The van der Waals surface area contributed by atoms with Crippen LogP contribution in [0, 0.1) is 6.57 Å². The van der Waals surface area contributed by atoms with Gasteiger partial charge in [-0.05, 0) is 42.0 Å². The Labute approximate surface area is 159 Å². The minimum atomic E-state index is -4.46. The van der Waals surface area contributed by atoms with Crippen molar-refractivity contribution in [2.45, 2.75) is 12.2 Å². The lowest BCUT2D eigenvalue weighted by Gasteiger charge is -2.24. The molecule has 1 saturated heterocycles. The fraction of sp³-hybridized carbons (Fsp3) is 0.263. The third-order valence-corrected chi connectivity index (χ3v) is 4.62. The minimum Gasteiger partial charge on any atom is -0.315 e. The van der Waals surface area contributed by atoms with Crippen molar-refractivity contribution in [1.29, 1.82) is 0 Å². The molecule has 1 heterocycles. The first-order chi connectivity index (χ1) is 12.8. The number of hydrogen-bond donors (Lipinski definition) is 0. The number of carbonyl (C=O) groups excluding carboxylic acids is 1. The zero-order chi connectivity index (χ0) is 19.6. The van der Waals surface area contributed by atoms with Crippen LogP contribution in [-0.4, -0.2) is 30.6 Å². The first kappa shape index (κ1) is 19.1. The van der Waals surface area contributed by atoms with Crippen molar-refractivity contribution in [3.63, 3.8) is 0 Å². The van der Waals surface area contributed by atoms with Crippen LogP contribution in [0.25, 0.3) is 4.85 Å². The maximum absolute atomic E-state index is 13.1. The summed E-state index contributed by atoms with van der Waals surface area (Å²) < 4.78 is 39.3. The van der Waals surface area contributed by atoms with Crippen molar-refractivity contribution < 1.29 is 18.0 Å². The highest BCUT2D eigenvalue weighted by Gasteiger charge is 2.40. The van der Waals surface area contributed by atoms with Crippen molar-refractivity contribution in [3.8, 4) is 0 Å². The Morgan fingerprint density at radius 2 is 1.89 bits per heavy atom. The largest absolute Gasteiger partial charge is 0.416 e. The van der Waals surface area contributed by atoms with Gasteiger partial charge in [0, 0.05) is 17.3 Å². The number of anilines is 1. The third kappa shape index (κ3) is 4.01. The number of nitrogens with zero attached hydrogens (tertiary/aromatic N) is 3. The Hall–Kier alpha value is -2.72. The average molecular weight is 394 g/mol. The number of benzene rings is 2. The highest BCUT2D eigenvalue weighted by molar-refractivity contribution is 6.30. The van der Waals surface area contributed by atoms with Gasteiger partial charge in [0.25, 0.3) is 0 Å². The lowest BCUT2D eigenvalue weighted by molar-refractivity contribution is -0.137. The predicted molar refractivity (Wildman–Crippen MR) is 96.6 cm³/mol. The Morgan fingerprint density at radius 3 is 2.52 bits per heavy atom. The van der Waals surface area contributed by atoms with E-state index < -0.39 is 17.8 Å². The van der Waals surface area contributed by atoms with Gasteiger partial charge in [-0.25, -0.2) is 11.4 Å². The second-order valence-electron chi connectivity index (χ2n) is 6.10. The number of rotatable bonds is 4. The van der Waals surface area contributed by atoms with Crippen LogP contribution in [0.1, 0.15) is 17.2 Å². The average Bonchev–Trinajstić information content (AvgIpc) is 2.96. The van der Waals surface area contributed by atoms with Crippen molar-refractivity contribution in [1.82, 2.24) is 4.90 Å². The number of urea groups is 1. The summed E-state index contributed by atoms with van der Waals surface area (Å²) in [5.41, 5.74) is 0.165. The molecule has 8 heteroatoms. The van der Waals surface area contributed by atoms with Crippen molar-refractivity contribution >= 4 is 23.3 Å². The molecule has 4 nitrogen and oxygen atoms in total. The van der Waals surface area contributed by atoms with Crippen molar-refractivity contribution in [2.75, 3.05) is 24.5 Å². The molecule has 140 valence electrons. The van der Waals surface area contributed by atoms with Gasteiger partial charge < -0.3 is 9.74 Å². The van der Waals surface area contributed by atoms with E-state index in [0.29, 0.717) is 16.3 Å². The number of hydrogen-bond acceptors (Lipinski definition) is 1. The molecule has 0 unspecified atom stereocenters. The molecule has 2 amide bonds. The minimum absolute atomic E-state index is 0.134. The number of amides is 2. The monoisotopic (exact) mass is 393 g/mol. The van der Waals surface area contributed by atoms with Crippen LogP contribution in [0.2, 0.25) is 5.02 Å². The van der Waals surface area contributed by atoms with E-state index in [0.717, 1.165) is 12.1 Å². The molecule has 0 aromatic heterocycles. The number of halogens is 4. The molecule has 0 aliphatic carbocycles. The highest BCUT2D eigenvalue weighted by Crippen LogP contribution is 2.37. The van der Waals surface area contributed by atoms with Gasteiger partial charge in [0.15, 0.2) is 0 Å². The van der Waals surface area contributed by atoms with Gasteiger partial charge in [-0.15, -0.1) is 0 Å². The molecule has 0 N–H and O–H groups in total. The molecule has 0 bridgehead atoms. The Morgan fingerprint density at radius 1 is 1.19 bits per heavy atom. The number of alkyl halides is 3. The normalized spacial score (nSPS) is 17.3. The van der Waals surface area contributed by atoms with Gasteiger partial charge >= 0.3 is 12.2 Å². The van der Waals surface area contributed by atoms with Crippen LogP contribution in [0.5, 0.6) is 0 Å². The number of carbonyl (C=O) groups is 1. The standard InChI is InChI=1S/C19H15ClF3N3O/c1-24-9-10-25-12-17(13-3-2-4-14(11-13)19(21,22)23)26(18(25)27)16-7-5-15(20)6-8-16/h2-8,11,17H,9-10,12H2/t17-/m1/s1. The second-order valence-corrected chi connectivity index (χ2v) is 6.53. The smallest absolute Gasteiger partial charge is 0.315 e. The van der Waals surface area contributed by atoms with E-state index in [9.17, 15) is 18.0 Å². The molecular weight excluding hydrogens is 379 g/mol. The molecule has 27 heavy (non-hydrogen) atoms. The SMILES string of the molecule is [C-]#[N+]CCN1C[C@H](c2cccc(C(F)(F)F)c2)N(c2ccc(Cl)cc2)C1=O.